The number of benzene rings is 2. The van der Waals surface area contributed by atoms with Gasteiger partial charge in [0, 0.05) is 6.54 Å². The zero-order chi connectivity index (χ0) is 14.7. The summed E-state index contributed by atoms with van der Waals surface area (Å²) in [6.07, 6.45) is 0. The first-order valence-corrected chi connectivity index (χ1v) is 6.54. The van der Waals surface area contributed by atoms with E-state index in [4.69, 9.17) is 17.3 Å². The van der Waals surface area contributed by atoms with E-state index in [9.17, 15) is 9.18 Å². The molecule has 0 unspecified atom stereocenters. The van der Waals surface area contributed by atoms with Crippen molar-refractivity contribution in [2.75, 3.05) is 17.2 Å². The number of carbonyl (C=O) groups excluding carboxylic acids is 1. The van der Waals surface area contributed by atoms with Crippen molar-refractivity contribution in [1.82, 2.24) is 0 Å². The minimum absolute atomic E-state index is 0.203. The van der Waals surface area contributed by atoms with Gasteiger partial charge in [0.25, 0.3) is 5.91 Å². The first-order chi connectivity index (χ1) is 9.56. The molecule has 0 aliphatic heterocycles. The number of halogens is 2. The van der Waals surface area contributed by atoms with Crippen molar-refractivity contribution in [2.24, 2.45) is 0 Å². The number of nitrogen functional groups attached to an aromatic ring is 1. The molecule has 1 amide bonds. The van der Waals surface area contributed by atoms with Crippen LogP contribution in [0.15, 0.2) is 42.5 Å². The highest BCUT2D eigenvalue weighted by Crippen LogP contribution is 2.26. The summed E-state index contributed by atoms with van der Waals surface area (Å²) in [6, 6.07) is 10.9. The van der Waals surface area contributed by atoms with Gasteiger partial charge in [0.15, 0.2) is 0 Å². The van der Waals surface area contributed by atoms with Crippen LogP contribution in [0.4, 0.5) is 15.8 Å². The molecule has 0 fully saturated rings. The number of para-hydroxylation sites is 2. The molecule has 3 nitrogen and oxygen atoms in total. The molecule has 0 radical (unpaired) electrons. The highest BCUT2D eigenvalue weighted by Gasteiger charge is 2.21. The second-order valence-corrected chi connectivity index (χ2v) is 4.61. The Bertz CT molecular complexity index is 646. The van der Waals surface area contributed by atoms with Gasteiger partial charge in [0.05, 0.1) is 22.0 Å². The van der Waals surface area contributed by atoms with Crippen molar-refractivity contribution >= 4 is 28.9 Å². The molecule has 0 bridgehead atoms. The van der Waals surface area contributed by atoms with E-state index in [0.717, 1.165) is 0 Å². The van der Waals surface area contributed by atoms with Crippen LogP contribution in [0.5, 0.6) is 0 Å². The topological polar surface area (TPSA) is 46.3 Å². The summed E-state index contributed by atoms with van der Waals surface area (Å²) < 4.78 is 13.8. The second-order valence-electron chi connectivity index (χ2n) is 4.20. The molecule has 0 saturated heterocycles. The fourth-order valence-corrected chi connectivity index (χ4v) is 2.14. The van der Waals surface area contributed by atoms with Crippen LogP contribution in [-0.2, 0) is 0 Å². The van der Waals surface area contributed by atoms with Crippen LogP contribution in [0.2, 0.25) is 5.02 Å². The van der Waals surface area contributed by atoms with E-state index in [0.29, 0.717) is 11.6 Å². The van der Waals surface area contributed by atoms with E-state index < -0.39 is 5.82 Å². The normalized spacial score (nSPS) is 10.3. The molecule has 0 aliphatic rings. The summed E-state index contributed by atoms with van der Waals surface area (Å²) in [5.74, 6) is -0.833. The van der Waals surface area contributed by atoms with Gasteiger partial charge in [-0.1, -0.05) is 29.8 Å². The fraction of sp³-hybridized carbons (Fsp3) is 0.133. The van der Waals surface area contributed by atoms with Crippen molar-refractivity contribution < 1.29 is 9.18 Å². The predicted octanol–water partition coefficient (Wildman–Crippen LogP) is 3.73. The van der Waals surface area contributed by atoms with Gasteiger partial charge in [0.2, 0.25) is 0 Å². The molecule has 5 heteroatoms. The molecule has 20 heavy (non-hydrogen) atoms. The van der Waals surface area contributed by atoms with Gasteiger partial charge in [-0.3, -0.25) is 4.79 Å². The zero-order valence-corrected chi connectivity index (χ0v) is 11.7. The molecule has 2 N–H and O–H groups in total. The molecule has 2 rings (SSSR count). The van der Waals surface area contributed by atoms with Gasteiger partial charge in [-0.25, -0.2) is 4.39 Å². The monoisotopic (exact) mass is 292 g/mol. The number of hydrogen-bond donors (Lipinski definition) is 1. The third kappa shape index (κ3) is 2.60. The molecule has 104 valence electrons. The number of rotatable bonds is 3. The molecule has 0 heterocycles. The highest BCUT2D eigenvalue weighted by atomic mass is 35.5. The van der Waals surface area contributed by atoms with Crippen molar-refractivity contribution in [3.63, 3.8) is 0 Å². The number of anilines is 2. The maximum atomic E-state index is 13.8. The summed E-state index contributed by atoms with van der Waals surface area (Å²) in [5, 5.41) is 0.306. The van der Waals surface area contributed by atoms with Gasteiger partial charge in [-0.05, 0) is 31.2 Å². The summed E-state index contributed by atoms with van der Waals surface area (Å²) in [5.41, 5.74) is 6.51. The van der Waals surface area contributed by atoms with Gasteiger partial charge in [0.1, 0.15) is 5.82 Å². The standard InChI is InChI=1S/C15H14ClFN2O/c1-2-19(13-9-4-3-8-12(13)17)15(20)10-6-5-7-11(16)14(10)18/h3-9H,2,18H2,1H3. The largest absolute Gasteiger partial charge is 0.397 e. The van der Waals surface area contributed by atoms with Crippen LogP contribution < -0.4 is 10.6 Å². The predicted molar refractivity (Wildman–Crippen MR) is 79.6 cm³/mol. The summed E-state index contributed by atoms with van der Waals surface area (Å²) in [7, 11) is 0. The minimum Gasteiger partial charge on any atom is -0.397 e. The lowest BCUT2D eigenvalue weighted by Gasteiger charge is -2.22. The summed E-state index contributed by atoms with van der Waals surface area (Å²) >= 11 is 5.91. The highest BCUT2D eigenvalue weighted by molar-refractivity contribution is 6.34. The molecule has 2 aromatic rings. The Morgan fingerprint density at radius 3 is 2.60 bits per heavy atom. The third-order valence-corrected chi connectivity index (χ3v) is 3.32. The Hall–Kier alpha value is -2.07. The molecule has 0 spiro atoms. The van der Waals surface area contributed by atoms with E-state index in [1.165, 1.54) is 11.0 Å². The quantitative estimate of drug-likeness (QED) is 0.876. The summed E-state index contributed by atoms with van der Waals surface area (Å²) in [6.45, 7) is 2.09. The molecular weight excluding hydrogens is 279 g/mol. The fourth-order valence-electron chi connectivity index (χ4n) is 1.96. The van der Waals surface area contributed by atoms with Crippen molar-refractivity contribution in [3.05, 3.63) is 58.9 Å². The van der Waals surface area contributed by atoms with Gasteiger partial charge >= 0.3 is 0 Å². The Morgan fingerprint density at radius 1 is 1.25 bits per heavy atom. The van der Waals surface area contributed by atoms with Crippen LogP contribution in [0.3, 0.4) is 0 Å². The average Bonchev–Trinajstić information content (AvgIpc) is 2.44. The Balaban J connectivity index is 2.45. The van der Waals surface area contributed by atoms with Crippen LogP contribution in [0.25, 0.3) is 0 Å². The maximum absolute atomic E-state index is 13.8. The van der Waals surface area contributed by atoms with Gasteiger partial charge in [-0.2, -0.15) is 0 Å². The maximum Gasteiger partial charge on any atom is 0.260 e. The Kier molecular flexibility index (Phi) is 4.25. The second kappa shape index (κ2) is 5.92. The zero-order valence-electron chi connectivity index (χ0n) is 10.9. The lowest BCUT2D eigenvalue weighted by Crippen LogP contribution is -2.32. The van der Waals surface area contributed by atoms with Crippen molar-refractivity contribution in [3.8, 4) is 0 Å². The number of nitrogens with two attached hydrogens (primary N) is 1. The number of nitrogens with zero attached hydrogens (tertiary/aromatic N) is 1. The molecule has 0 saturated carbocycles. The Morgan fingerprint density at radius 2 is 1.95 bits per heavy atom. The van der Waals surface area contributed by atoms with Crippen LogP contribution >= 0.6 is 11.6 Å². The Labute approximate surface area is 121 Å². The van der Waals surface area contributed by atoms with E-state index in [2.05, 4.69) is 0 Å². The number of carbonyl (C=O) groups is 1. The molecular formula is C15H14ClFN2O. The van der Waals surface area contributed by atoms with Crippen LogP contribution in [0, 0.1) is 5.82 Å². The third-order valence-electron chi connectivity index (χ3n) is 2.99. The van der Waals surface area contributed by atoms with E-state index in [1.807, 2.05) is 0 Å². The van der Waals surface area contributed by atoms with Gasteiger partial charge in [-0.15, -0.1) is 0 Å². The van der Waals surface area contributed by atoms with E-state index >= 15 is 0 Å². The minimum atomic E-state index is -0.455. The van der Waals surface area contributed by atoms with Crippen LogP contribution in [0.1, 0.15) is 17.3 Å². The lowest BCUT2D eigenvalue weighted by molar-refractivity contribution is 0.0988. The first kappa shape index (κ1) is 14.3. The van der Waals surface area contributed by atoms with Crippen molar-refractivity contribution in [2.45, 2.75) is 6.92 Å². The van der Waals surface area contributed by atoms with E-state index in [1.54, 1.807) is 43.3 Å². The molecule has 0 atom stereocenters. The van der Waals surface area contributed by atoms with Crippen molar-refractivity contribution in [1.29, 1.82) is 0 Å². The van der Waals surface area contributed by atoms with Crippen LogP contribution in [-0.4, -0.2) is 12.5 Å². The molecule has 0 aromatic heterocycles. The molecule has 2 aromatic carbocycles. The molecule has 0 aliphatic carbocycles. The summed E-state index contributed by atoms with van der Waals surface area (Å²) in [4.78, 5) is 13.9. The lowest BCUT2D eigenvalue weighted by atomic mass is 10.1. The van der Waals surface area contributed by atoms with E-state index in [-0.39, 0.29) is 22.8 Å². The SMILES string of the molecule is CCN(C(=O)c1cccc(Cl)c1N)c1ccccc1F. The van der Waals surface area contributed by atoms with Gasteiger partial charge < -0.3 is 10.6 Å². The first-order valence-electron chi connectivity index (χ1n) is 6.16. The number of hydrogen-bond acceptors (Lipinski definition) is 2. The average molecular weight is 293 g/mol. The number of amides is 1. The smallest absolute Gasteiger partial charge is 0.260 e.